The second kappa shape index (κ2) is 22.4. The standard InChI is InChI=1S/C38H38F3N3O2.C22H26N2O2/c39-38(40,41)27-42-36(46)37(33-14-6-4-12-31(33)32-13-5-7-15-34(32)37)20-8-9-21-43-22-24-44(25-23-43)35(45)26-28-16-18-30(19-17-28)29-10-2-1-3-11-29;25-21(26)22(11-5-6-14-24-15-12-23-13-16-24)19-9-3-1-7-17(19)18-8-2-4-10-20(18)22/h1-7,10-19H,8-9,20-27H2,(H,42,46);1-4,7-10,23H,5-6,11-16H2,(H,25,26). The summed E-state index contributed by atoms with van der Waals surface area (Å²) < 4.78 is 39.4. The zero-order valence-corrected chi connectivity index (χ0v) is 40.8. The molecule has 3 N–H and O–H groups in total. The smallest absolute Gasteiger partial charge is 0.405 e. The Morgan fingerprint density at radius 2 is 0.958 bits per heavy atom. The molecule has 0 spiro atoms. The van der Waals surface area contributed by atoms with E-state index in [9.17, 15) is 32.7 Å². The molecule has 2 aliphatic heterocycles. The summed E-state index contributed by atoms with van der Waals surface area (Å²) in [4.78, 5) is 46.0. The molecule has 0 radical (unpaired) electrons. The van der Waals surface area contributed by atoms with E-state index in [1.54, 1.807) is 0 Å². The molecule has 0 bridgehead atoms. The van der Waals surface area contributed by atoms with E-state index in [4.69, 9.17) is 0 Å². The third-order valence-electron chi connectivity index (χ3n) is 15.2. The van der Waals surface area contributed by atoms with Crippen LogP contribution in [-0.2, 0) is 31.6 Å². The lowest BCUT2D eigenvalue weighted by Crippen LogP contribution is -2.49. The van der Waals surface area contributed by atoms with Gasteiger partial charge in [-0.1, -0.05) is 165 Å². The second-order valence-electron chi connectivity index (χ2n) is 19.6. The van der Waals surface area contributed by atoms with Crippen molar-refractivity contribution in [3.63, 3.8) is 0 Å². The molecule has 6 aromatic rings. The molecule has 0 aromatic heterocycles. The third-order valence-corrected chi connectivity index (χ3v) is 15.2. The maximum Gasteiger partial charge on any atom is 0.405 e. The van der Waals surface area contributed by atoms with Crippen molar-refractivity contribution in [3.8, 4) is 33.4 Å². The first-order valence-corrected chi connectivity index (χ1v) is 25.5. The normalized spacial score (nSPS) is 16.6. The fraction of sp³-hybridized carbons (Fsp3) is 0.350. The first-order valence-electron chi connectivity index (χ1n) is 25.5. The minimum Gasteiger partial charge on any atom is -0.480 e. The predicted molar refractivity (Wildman–Crippen MR) is 278 cm³/mol. The first kappa shape index (κ1) is 50.3. The molecule has 72 heavy (non-hydrogen) atoms. The van der Waals surface area contributed by atoms with Crippen LogP contribution in [0.15, 0.2) is 152 Å². The van der Waals surface area contributed by atoms with Crippen LogP contribution in [0.3, 0.4) is 0 Å². The number of hydrogen-bond acceptors (Lipinski definition) is 6. The number of fused-ring (bicyclic) bond motifs is 6. The zero-order valence-electron chi connectivity index (χ0n) is 40.8. The minimum absolute atomic E-state index is 0.123. The molecule has 4 aliphatic rings. The van der Waals surface area contributed by atoms with E-state index >= 15 is 0 Å². The monoisotopic (exact) mass is 975 g/mol. The summed E-state index contributed by atoms with van der Waals surface area (Å²) in [6.45, 7) is 7.64. The van der Waals surface area contributed by atoms with E-state index < -0.39 is 35.4 Å². The highest BCUT2D eigenvalue weighted by Crippen LogP contribution is 2.53. The number of nitrogens with zero attached hydrogens (tertiary/aromatic N) is 3. The van der Waals surface area contributed by atoms with Crippen LogP contribution in [0.25, 0.3) is 33.4 Å². The molecule has 0 unspecified atom stereocenters. The van der Waals surface area contributed by atoms with Crippen molar-refractivity contribution >= 4 is 17.8 Å². The molecular formula is C60H64F3N5O4. The number of hydrogen-bond donors (Lipinski definition) is 3. The van der Waals surface area contributed by atoms with Gasteiger partial charge in [-0.05, 0) is 100.0 Å². The highest BCUT2D eigenvalue weighted by Gasteiger charge is 2.50. The number of carbonyl (C=O) groups excluding carboxylic acids is 2. The van der Waals surface area contributed by atoms with Crippen molar-refractivity contribution < 1.29 is 32.7 Å². The summed E-state index contributed by atoms with van der Waals surface area (Å²) in [7, 11) is 0. The fourth-order valence-electron chi connectivity index (χ4n) is 11.6. The predicted octanol–water partition coefficient (Wildman–Crippen LogP) is 9.97. The summed E-state index contributed by atoms with van der Waals surface area (Å²) in [6, 6.07) is 49.4. The van der Waals surface area contributed by atoms with Crippen LogP contribution in [0.4, 0.5) is 13.2 Å². The number of carboxylic acids is 1. The van der Waals surface area contributed by atoms with Gasteiger partial charge in [0.05, 0.1) is 6.42 Å². The van der Waals surface area contributed by atoms with Gasteiger partial charge in [0.25, 0.3) is 0 Å². The molecule has 2 amide bonds. The average molecular weight is 976 g/mol. The van der Waals surface area contributed by atoms with Gasteiger partial charge in [0.15, 0.2) is 0 Å². The van der Waals surface area contributed by atoms with Crippen LogP contribution in [0.1, 0.15) is 66.3 Å². The molecule has 9 nitrogen and oxygen atoms in total. The van der Waals surface area contributed by atoms with E-state index in [-0.39, 0.29) is 5.91 Å². The van der Waals surface area contributed by atoms with Crippen molar-refractivity contribution in [3.05, 3.63) is 179 Å². The van der Waals surface area contributed by atoms with Gasteiger partial charge in [-0.2, -0.15) is 13.2 Å². The van der Waals surface area contributed by atoms with Gasteiger partial charge in [0, 0.05) is 52.4 Å². The summed E-state index contributed by atoms with van der Waals surface area (Å²) in [6.07, 6.45) is 0.356. The topological polar surface area (TPSA) is 105 Å². The molecule has 10 rings (SSSR count). The molecular weight excluding hydrogens is 912 g/mol. The van der Waals surface area contributed by atoms with Gasteiger partial charge in [-0.3, -0.25) is 19.3 Å². The Kier molecular flexibility index (Phi) is 15.7. The van der Waals surface area contributed by atoms with Crippen molar-refractivity contribution in [1.82, 2.24) is 25.3 Å². The van der Waals surface area contributed by atoms with Crippen molar-refractivity contribution in [2.75, 3.05) is 72.0 Å². The Hall–Kier alpha value is -6.60. The Balaban J connectivity index is 0.000000207. The molecule has 374 valence electrons. The van der Waals surface area contributed by atoms with Crippen LogP contribution in [0, 0.1) is 0 Å². The lowest BCUT2D eigenvalue weighted by molar-refractivity contribution is -0.142. The van der Waals surface area contributed by atoms with E-state index in [2.05, 4.69) is 56.8 Å². The lowest BCUT2D eigenvalue weighted by Gasteiger charge is -2.35. The van der Waals surface area contributed by atoms with Crippen molar-refractivity contribution in [2.45, 2.75) is 62.0 Å². The van der Waals surface area contributed by atoms with E-state index in [1.807, 2.05) is 120 Å². The number of piperazine rings is 2. The van der Waals surface area contributed by atoms with Gasteiger partial charge in [-0.25, -0.2) is 0 Å². The molecule has 2 heterocycles. The van der Waals surface area contributed by atoms with Crippen LogP contribution >= 0.6 is 0 Å². The number of unbranched alkanes of at least 4 members (excludes halogenated alkanes) is 2. The van der Waals surface area contributed by atoms with Gasteiger partial charge in [-0.15, -0.1) is 0 Å². The maximum atomic E-state index is 13.7. The Morgan fingerprint density at radius 1 is 0.528 bits per heavy atom. The van der Waals surface area contributed by atoms with Gasteiger partial charge in [0.1, 0.15) is 17.4 Å². The van der Waals surface area contributed by atoms with Crippen molar-refractivity contribution in [1.29, 1.82) is 0 Å². The molecule has 0 atom stereocenters. The second-order valence-corrected chi connectivity index (χ2v) is 19.6. The summed E-state index contributed by atoms with van der Waals surface area (Å²) in [5, 5.41) is 15.9. The lowest BCUT2D eigenvalue weighted by atomic mass is 9.73. The summed E-state index contributed by atoms with van der Waals surface area (Å²) in [5.41, 5.74) is 8.56. The Bertz CT molecular complexity index is 2730. The zero-order chi connectivity index (χ0) is 50.1. The molecule has 0 saturated carbocycles. The minimum atomic E-state index is -4.50. The van der Waals surface area contributed by atoms with E-state index in [1.165, 1.54) is 0 Å². The van der Waals surface area contributed by atoms with E-state index in [0.717, 1.165) is 133 Å². The number of benzene rings is 6. The largest absolute Gasteiger partial charge is 0.480 e. The molecule has 2 saturated heterocycles. The maximum absolute atomic E-state index is 13.7. The van der Waals surface area contributed by atoms with Gasteiger partial charge in [0.2, 0.25) is 11.8 Å². The Morgan fingerprint density at radius 3 is 1.44 bits per heavy atom. The number of halogens is 3. The molecule has 6 aromatic carbocycles. The number of alkyl halides is 3. The number of rotatable bonds is 16. The number of amides is 2. The van der Waals surface area contributed by atoms with Crippen LogP contribution < -0.4 is 10.6 Å². The summed E-state index contributed by atoms with van der Waals surface area (Å²) >= 11 is 0. The highest BCUT2D eigenvalue weighted by atomic mass is 19.4. The number of nitrogens with one attached hydrogen (secondary N) is 2. The third kappa shape index (κ3) is 10.8. The van der Waals surface area contributed by atoms with Gasteiger partial charge < -0.3 is 25.5 Å². The number of carboxylic acid groups (broad SMARTS) is 1. The molecule has 2 aliphatic carbocycles. The number of carbonyl (C=O) groups is 3. The Labute approximate surface area is 421 Å². The average Bonchev–Trinajstić information content (AvgIpc) is 3.87. The van der Waals surface area contributed by atoms with Crippen molar-refractivity contribution in [2.24, 2.45) is 0 Å². The first-order chi connectivity index (χ1) is 35.0. The fourth-order valence-corrected chi connectivity index (χ4v) is 11.6. The van der Waals surface area contributed by atoms with Crippen LogP contribution in [-0.4, -0.2) is 116 Å². The van der Waals surface area contributed by atoms with Gasteiger partial charge >= 0.3 is 12.1 Å². The SMILES string of the molecule is O=C(Cc1ccc(-c2ccccc2)cc1)N1CCN(CCCCC2(C(=O)NCC(F)(F)F)c3ccccc3-c3ccccc32)CC1.O=C(O)C1(CCCCN2CCNCC2)c2ccccc2-c2ccccc21. The number of aliphatic carboxylic acids is 1. The molecule has 2 fully saturated rings. The van der Waals surface area contributed by atoms with E-state index in [0.29, 0.717) is 38.8 Å². The highest BCUT2D eigenvalue weighted by molar-refractivity contribution is 6.01. The quantitative estimate of drug-likeness (QED) is 0.0830. The summed E-state index contributed by atoms with van der Waals surface area (Å²) in [5.74, 6) is -1.21. The van der Waals surface area contributed by atoms with Crippen LogP contribution in [0.2, 0.25) is 0 Å². The molecule has 12 heteroatoms. The van der Waals surface area contributed by atoms with Crippen LogP contribution in [0.5, 0.6) is 0 Å².